The molecular weight excluding hydrogens is 186 g/mol. The number of hydrogen-bond acceptors (Lipinski definition) is 5. The molecule has 5 heteroatoms. The van der Waals surface area contributed by atoms with Crippen molar-refractivity contribution in [1.82, 2.24) is 0 Å². The summed E-state index contributed by atoms with van der Waals surface area (Å²) < 4.78 is 22.1. The number of nitrogens with two attached hydrogens (primary N) is 1. The molecule has 5 nitrogen and oxygen atoms in total. The Morgan fingerprint density at radius 2 is 1.93 bits per heavy atom. The summed E-state index contributed by atoms with van der Waals surface area (Å²) in [5, 5.41) is 0. The zero-order chi connectivity index (χ0) is 10.3. The van der Waals surface area contributed by atoms with Gasteiger partial charge < -0.3 is 24.7 Å². The molecule has 0 saturated carbocycles. The number of methoxy groups -OCH3 is 1. The van der Waals surface area contributed by atoms with Gasteiger partial charge in [0.2, 0.25) is 0 Å². The molecule has 0 radical (unpaired) electrons. The van der Waals surface area contributed by atoms with E-state index in [1.165, 1.54) is 0 Å². The van der Waals surface area contributed by atoms with E-state index >= 15 is 0 Å². The fourth-order valence-electron chi connectivity index (χ4n) is 2.02. The van der Waals surface area contributed by atoms with Crippen molar-refractivity contribution < 1.29 is 18.9 Å². The van der Waals surface area contributed by atoms with Crippen molar-refractivity contribution in [3.8, 4) is 0 Å². The normalized spacial score (nSPS) is 45.4. The third kappa shape index (κ3) is 1.55. The van der Waals surface area contributed by atoms with E-state index in [9.17, 15) is 0 Å². The van der Waals surface area contributed by atoms with Gasteiger partial charge in [0.25, 0.3) is 0 Å². The zero-order valence-electron chi connectivity index (χ0n) is 8.73. The van der Waals surface area contributed by atoms with Crippen molar-refractivity contribution in [2.24, 2.45) is 5.73 Å². The van der Waals surface area contributed by atoms with Crippen LogP contribution < -0.4 is 5.73 Å². The minimum absolute atomic E-state index is 0.111. The first kappa shape index (κ1) is 10.3. The monoisotopic (exact) mass is 203 g/mol. The molecule has 0 unspecified atom stereocenters. The Kier molecular flexibility index (Phi) is 2.53. The Labute approximate surface area is 83.4 Å². The van der Waals surface area contributed by atoms with Crippen LogP contribution in [0.25, 0.3) is 0 Å². The van der Waals surface area contributed by atoms with Crippen molar-refractivity contribution in [1.29, 1.82) is 0 Å². The Balaban J connectivity index is 2.12. The van der Waals surface area contributed by atoms with Gasteiger partial charge in [-0.15, -0.1) is 0 Å². The topological polar surface area (TPSA) is 62.9 Å². The lowest BCUT2D eigenvalue weighted by molar-refractivity contribution is -0.225. The maximum Gasteiger partial charge on any atom is 0.186 e. The highest BCUT2D eigenvalue weighted by Crippen LogP contribution is 2.38. The fourth-order valence-corrected chi connectivity index (χ4v) is 2.02. The molecule has 4 atom stereocenters. The minimum atomic E-state index is -0.566. The van der Waals surface area contributed by atoms with Crippen LogP contribution in [0.2, 0.25) is 0 Å². The second-order valence-electron chi connectivity index (χ2n) is 4.08. The molecule has 0 aromatic heterocycles. The van der Waals surface area contributed by atoms with Gasteiger partial charge in [-0.05, 0) is 13.8 Å². The second-order valence-corrected chi connectivity index (χ2v) is 4.08. The molecule has 2 fully saturated rings. The SMILES string of the molecule is CO[C@@H]1O[C@H](CN)[C@H]2OC(C)(C)O[C@@H]12. The average Bonchev–Trinajstić information content (AvgIpc) is 2.57. The lowest BCUT2D eigenvalue weighted by atomic mass is 10.1. The second kappa shape index (κ2) is 3.43. The molecule has 0 amide bonds. The van der Waals surface area contributed by atoms with E-state index in [1.54, 1.807) is 7.11 Å². The predicted molar refractivity (Wildman–Crippen MR) is 48.5 cm³/mol. The first-order valence-corrected chi connectivity index (χ1v) is 4.81. The standard InChI is InChI=1S/C9H17NO4/c1-9(2)13-6-5(4-10)12-8(11-3)7(6)14-9/h5-8H,4,10H2,1-3H3/t5-,6-,7-,8-/m1/s1. The third-order valence-corrected chi connectivity index (χ3v) is 2.57. The predicted octanol–water partition coefficient (Wildman–Crippen LogP) is -0.163. The highest BCUT2D eigenvalue weighted by molar-refractivity contribution is 4.95. The molecule has 0 aromatic rings. The summed E-state index contributed by atoms with van der Waals surface area (Å²) in [6.45, 7) is 4.18. The van der Waals surface area contributed by atoms with Gasteiger partial charge in [-0.25, -0.2) is 0 Å². The molecule has 2 N–H and O–H groups in total. The number of rotatable bonds is 2. The number of ether oxygens (including phenoxy) is 4. The van der Waals surface area contributed by atoms with Crippen molar-refractivity contribution in [2.75, 3.05) is 13.7 Å². The quantitative estimate of drug-likeness (QED) is 0.675. The van der Waals surface area contributed by atoms with E-state index in [1.807, 2.05) is 13.8 Å². The van der Waals surface area contributed by atoms with Crippen LogP contribution >= 0.6 is 0 Å². The van der Waals surface area contributed by atoms with Gasteiger partial charge >= 0.3 is 0 Å². The Morgan fingerprint density at radius 1 is 1.29 bits per heavy atom. The molecule has 2 heterocycles. The zero-order valence-corrected chi connectivity index (χ0v) is 8.73. The first-order chi connectivity index (χ1) is 6.57. The van der Waals surface area contributed by atoms with Gasteiger partial charge in [0.05, 0.1) is 0 Å². The summed E-state index contributed by atoms with van der Waals surface area (Å²) in [5.41, 5.74) is 5.58. The molecule has 2 saturated heterocycles. The van der Waals surface area contributed by atoms with Gasteiger partial charge in [-0.2, -0.15) is 0 Å². The lowest BCUT2D eigenvalue weighted by Crippen LogP contribution is -2.34. The van der Waals surface area contributed by atoms with Crippen LogP contribution in [0.4, 0.5) is 0 Å². The first-order valence-electron chi connectivity index (χ1n) is 4.81. The molecule has 0 aliphatic carbocycles. The summed E-state index contributed by atoms with van der Waals surface area (Å²) in [4.78, 5) is 0. The van der Waals surface area contributed by atoms with E-state index in [0.29, 0.717) is 6.54 Å². The molecule has 0 aromatic carbocycles. The fraction of sp³-hybridized carbons (Fsp3) is 1.00. The Morgan fingerprint density at radius 3 is 2.50 bits per heavy atom. The number of fused-ring (bicyclic) bond motifs is 1. The maximum atomic E-state index is 5.70. The van der Waals surface area contributed by atoms with Crippen molar-refractivity contribution in [3.05, 3.63) is 0 Å². The van der Waals surface area contributed by atoms with E-state index in [0.717, 1.165) is 0 Å². The van der Waals surface area contributed by atoms with E-state index in [2.05, 4.69) is 0 Å². The highest BCUT2D eigenvalue weighted by Gasteiger charge is 2.54. The summed E-state index contributed by atoms with van der Waals surface area (Å²) in [7, 11) is 1.59. The summed E-state index contributed by atoms with van der Waals surface area (Å²) in [6.07, 6.45) is -0.773. The van der Waals surface area contributed by atoms with E-state index in [-0.39, 0.29) is 24.6 Å². The van der Waals surface area contributed by atoms with Gasteiger partial charge in [0.15, 0.2) is 12.1 Å². The molecule has 2 aliphatic heterocycles. The third-order valence-electron chi connectivity index (χ3n) is 2.57. The Hall–Kier alpha value is -0.200. The smallest absolute Gasteiger partial charge is 0.186 e. The molecule has 14 heavy (non-hydrogen) atoms. The van der Waals surface area contributed by atoms with Crippen LogP contribution in [0.3, 0.4) is 0 Å². The number of hydrogen-bond donors (Lipinski definition) is 1. The molecular formula is C9H17NO4. The van der Waals surface area contributed by atoms with Gasteiger partial charge in [-0.1, -0.05) is 0 Å². The molecule has 0 spiro atoms. The highest BCUT2D eigenvalue weighted by atomic mass is 16.8. The molecule has 0 bridgehead atoms. The van der Waals surface area contributed by atoms with Gasteiger partial charge in [0, 0.05) is 13.7 Å². The summed E-state index contributed by atoms with van der Waals surface area (Å²) in [5.74, 6) is -0.566. The summed E-state index contributed by atoms with van der Waals surface area (Å²) >= 11 is 0. The van der Waals surface area contributed by atoms with Gasteiger partial charge in [0.1, 0.15) is 18.3 Å². The van der Waals surface area contributed by atoms with E-state index in [4.69, 9.17) is 24.7 Å². The minimum Gasteiger partial charge on any atom is -0.353 e. The van der Waals surface area contributed by atoms with Crippen molar-refractivity contribution in [3.63, 3.8) is 0 Å². The van der Waals surface area contributed by atoms with Crippen LogP contribution in [-0.4, -0.2) is 44.0 Å². The maximum absolute atomic E-state index is 5.70. The van der Waals surface area contributed by atoms with Crippen LogP contribution in [-0.2, 0) is 18.9 Å². The van der Waals surface area contributed by atoms with Gasteiger partial charge in [-0.3, -0.25) is 0 Å². The lowest BCUT2D eigenvalue weighted by Gasteiger charge is -2.22. The van der Waals surface area contributed by atoms with Crippen LogP contribution in [0, 0.1) is 0 Å². The summed E-state index contributed by atoms with van der Waals surface area (Å²) in [6, 6.07) is 0. The molecule has 2 rings (SSSR count). The Bertz CT molecular complexity index is 201. The average molecular weight is 203 g/mol. The largest absolute Gasteiger partial charge is 0.353 e. The molecule has 2 aliphatic rings. The van der Waals surface area contributed by atoms with Crippen LogP contribution in [0.5, 0.6) is 0 Å². The van der Waals surface area contributed by atoms with Crippen LogP contribution in [0.15, 0.2) is 0 Å². The van der Waals surface area contributed by atoms with Crippen molar-refractivity contribution >= 4 is 0 Å². The molecule has 82 valence electrons. The van der Waals surface area contributed by atoms with Crippen molar-refractivity contribution in [2.45, 2.75) is 44.2 Å². The van der Waals surface area contributed by atoms with Crippen LogP contribution in [0.1, 0.15) is 13.8 Å². The van der Waals surface area contributed by atoms with E-state index < -0.39 is 5.79 Å².